The van der Waals surface area contributed by atoms with Gasteiger partial charge in [0.15, 0.2) is 0 Å². The van der Waals surface area contributed by atoms with E-state index in [9.17, 15) is 19.2 Å². The third kappa shape index (κ3) is 26.3. The van der Waals surface area contributed by atoms with Gasteiger partial charge in [-0.3, -0.25) is 19.2 Å². The SMILES string of the molecule is CC(=O)ON(CCN(OC(C)=O)OC(C)=O)OC(C)=O.[K].[K].[K].[K]. The van der Waals surface area contributed by atoms with Crippen LogP contribution in [0, 0.1) is 0 Å². The molecule has 10 nitrogen and oxygen atoms in total. The monoisotopic (exact) mass is 448 g/mol. The number of carbonyl (C=O) groups excluding carboxylic acids is 4. The molecule has 0 saturated carbocycles. The van der Waals surface area contributed by atoms with Crippen molar-refractivity contribution in [2.24, 2.45) is 0 Å². The van der Waals surface area contributed by atoms with E-state index in [2.05, 4.69) is 19.4 Å². The van der Waals surface area contributed by atoms with Gasteiger partial charge in [0.1, 0.15) is 0 Å². The minimum atomic E-state index is -0.724. The van der Waals surface area contributed by atoms with Crippen LogP contribution in [0.1, 0.15) is 27.7 Å². The molecule has 0 heterocycles. The maximum Gasteiger partial charge on any atom is 0.326 e. The Labute approximate surface area is 310 Å². The van der Waals surface area contributed by atoms with Gasteiger partial charge in [0, 0.05) is 244 Å². The Bertz CT molecular complexity index is 331. The molecule has 0 aliphatic carbocycles. The molecule has 14 heteroatoms. The van der Waals surface area contributed by atoms with Gasteiger partial charge in [-0.05, 0) is 0 Å². The van der Waals surface area contributed by atoms with Crippen molar-refractivity contribution < 1.29 is 38.5 Å². The van der Waals surface area contributed by atoms with E-state index in [1.807, 2.05) is 0 Å². The van der Waals surface area contributed by atoms with Gasteiger partial charge in [-0.15, -0.1) is 0 Å². The zero-order chi connectivity index (χ0) is 15.7. The molecule has 0 aliphatic heterocycles. The summed E-state index contributed by atoms with van der Waals surface area (Å²) in [5.41, 5.74) is 0. The van der Waals surface area contributed by atoms with E-state index in [4.69, 9.17) is 0 Å². The molecule has 0 atom stereocenters. The van der Waals surface area contributed by atoms with Gasteiger partial charge in [-0.1, -0.05) is 0 Å². The number of hydrogen-bond donors (Lipinski definition) is 0. The zero-order valence-corrected chi connectivity index (χ0v) is 28.1. The Hall–Kier alpha value is 4.35. The summed E-state index contributed by atoms with van der Waals surface area (Å²) in [6.45, 7) is 3.97. The second-order valence-electron chi connectivity index (χ2n) is 3.44. The Kier molecular flexibility index (Phi) is 38.3. The second kappa shape index (κ2) is 23.6. The van der Waals surface area contributed by atoms with Crippen molar-refractivity contribution in [1.29, 1.82) is 0 Å². The smallest absolute Gasteiger partial charge is 0.326 e. The summed E-state index contributed by atoms with van der Waals surface area (Å²) < 4.78 is 0. The Morgan fingerprint density at radius 1 is 0.542 bits per heavy atom. The van der Waals surface area contributed by atoms with E-state index >= 15 is 0 Å². The number of rotatable bonds is 7. The number of hydrogen-bond acceptors (Lipinski definition) is 10. The molecular weight excluding hydrogens is 433 g/mol. The normalized spacial score (nSPS) is 8.42. The first-order valence-electron chi connectivity index (χ1n) is 5.50. The Balaban J connectivity index is -0.000000301. The average molecular weight is 449 g/mol. The number of nitrogens with zero attached hydrogens (tertiary/aromatic N) is 2. The third-order valence-electron chi connectivity index (χ3n) is 1.39. The minimum absolute atomic E-state index is 0. The van der Waals surface area contributed by atoms with Crippen LogP contribution in [0.4, 0.5) is 0 Å². The minimum Gasteiger partial charge on any atom is -0.333 e. The molecule has 0 aromatic rings. The fraction of sp³-hybridized carbons (Fsp3) is 0.600. The van der Waals surface area contributed by atoms with Crippen LogP contribution in [0.3, 0.4) is 0 Å². The van der Waals surface area contributed by atoms with Crippen molar-refractivity contribution in [3.63, 3.8) is 0 Å². The summed E-state index contributed by atoms with van der Waals surface area (Å²) in [4.78, 5) is 61.4. The topological polar surface area (TPSA) is 112 Å². The van der Waals surface area contributed by atoms with E-state index in [0.29, 0.717) is 10.5 Å². The first-order chi connectivity index (χ1) is 9.20. The van der Waals surface area contributed by atoms with Crippen molar-refractivity contribution in [2.75, 3.05) is 13.1 Å². The van der Waals surface area contributed by atoms with Crippen LogP contribution in [-0.4, -0.2) is 253 Å². The zero-order valence-electron chi connectivity index (χ0n) is 15.6. The summed E-state index contributed by atoms with van der Waals surface area (Å²) in [6, 6.07) is 0. The summed E-state index contributed by atoms with van der Waals surface area (Å²) >= 11 is 0. The first-order valence-corrected chi connectivity index (χ1v) is 5.50. The first kappa shape index (κ1) is 38.9. The maximum absolute atomic E-state index is 10.8. The molecule has 0 N–H and O–H groups in total. The van der Waals surface area contributed by atoms with Gasteiger partial charge in [-0.2, -0.15) is 0 Å². The molecule has 0 aromatic heterocycles. The van der Waals surface area contributed by atoms with Crippen molar-refractivity contribution >= 4 is 229 Å². The molecule has 118 valence electrons. The molecular formula is C10H16K4N2O8. The molecule has 0 fully saturated rings. The number of carbonyl (C=O) groups is 4. The van der Waals surface area contributed by atoms with E-state index < -0.39 is 23.9 Å². The van der Waals surface area contributed by atoms with Crippen LogP contribution in [0.5, 0.6) is 0 Å². The van der Waals surface area contributed by atoms with Crippen LogP contribution in [0.25, 0.3) is 0 Å². The summed E-state index contributed by atoms with van der Waals surface area (Å²) in [7, 11) is 0. The van der Waals surface area contributed by atoms with E-state index in [-0.39, 0.29) is 219 Å². The van der Waals surface area contributed by atoms with Crippen LogP contribution >= 0.6 is 0 Å². The standard InChI is InChI=1S/C10H16N2O8.4K/c1-7(13)17-11(18-8(2)14)5-6-12(19-9(3)15)20-10(4)16;;;;/h5-6H2,1-4H3;;;;. The molecule has 0 spiro atoms. The van der Waals surface area contributed by atoms with Gasteiger partial charge >= 0.3 is 23.9 Å². The van der Waals surface area contributed by atoms with E-state index in [0.717, 1.165) is 27.7 Å². The maximum atomic E-state index is 10.8. The summed E-state index contributed by atoms with van der Waals surface area (Å²) in [5, 5.41) is 1.15. The molecule has 24 heavy (non-hydrogen) atoms. The van der Waals surface area contributed by atoms with Gasteiger partial charge in [-0.25, -0.2) is 0 Å². The van der Waals surface area contributed by atoms with Gasteiger partial charge in [0.05, 0.1) is 13.1 Å². The fourth-order valence-corrected chi connectivity index (χ4v) is 0.957. The number of hydroxylamine groups is 4. The van der Waals surface area contributed by atoms with Crippen LogP contribution in [0.15, 0.2) is 0 Å². The average Bonchev–Trinajstić information content (AvgIpc) is 2.22. The van der Waals surface area contributed by atoms with Gasteiger partial charge in [0.25, 0.3) is 0 Å². The second-order valence-corrected chi connectivity index (χ2v) is 3.44. The van der Waals surface area contributed by atoms with Crippen molar-refractivity contribution in [3.8, 4) is 0 Å². The molecule has 0 aromatic carbocycles. The molecule has 0 aliphatic rings. The molecule has 0 rings (SSSR count). The molecule has 0 bridgehead atoms. The molecule has 0 amide bonds. The van der Waals surface area contributed by atoms with Crippen molar-refractivity contribution in [1.82, 2.24) is 10.5 Å². The van der Waals surface area contributed by atoms with E-state index in [1.165, 1.54) is 0 Å². The molecule has 0 saturated heterocycles. The van der Waals surface area contributed by atoms with Crippen molar-refractivity contribution in [2.45, 2.75) is 27.7 Å². The summed E-state index contributed by atoms with van der Waals surface area (Å²) in [5.74, 6) is -2.90. The van der Waals surface area contributed by atoms with Crippen LogP contribution < -0.4 is 0 Å². The van der Waals surface area contributed by atoms with Crippen molar-refractivity contribution in [3.05, 3.63) is 0 Å². The van der Waals surface area contributed by atoms with Gasteiger partial charge < -0.3 is 19.4 Å². The predicted octanol–water partition coefficient (Wildman–Crippen LogP) is -2.02. The largest absolute Gasteiger partial charge is 0.333 e. The van der Waals surface area contributed by atoms with Crippen LogP contribution in [-0.2, 0) is 38.5 Å². The quantitative estimate of drug-likeness (QED) is 0.319. The van der Waals surface area contributed by atoms with E-state index in [1.54, 1.807) is 0 Å². The molecule has 0 unspecified atom stereocenters. The van der Waals surface area contributed by atoms with Gasteiger partial charge in [0.2, 0.25) is 0 Å². The third-order valence-corrected chi connectivity index (χ3v) is 1.39. The Morgan fingerprint density at radius 2 is 0.708 bits per heavy atom. The fourth-order valence-electron chi connectivity index (χ4n) is 0.957. The summed E-state index contributed by atoms with van der Waals surface area (Å²) in [6.07, 6.45) is 0. The Morgan fingerprint density at radius 3 is 0.833 bits per heavy atom. The predicted molar refractivity (Wildman–Crippen MR) is 83.5 cm³/mol. The molecule has 4 radical (unpaired) electrons. The van der Waals surface area contributed by atoms with Crippen LogP contribution in [0.2, 0.25) is 0 Å².